The zero-order valence-electron chi connectivity index (χ0n) is 16.6. The minimum atomic E-state index is -0.306. The van der Waals surface area contributed by atoms with E-state index in [1.165, 1.54) is 0 Å². The summed E-state index contributed by atoms with van der Waals surface area (Å²) in [6.45, 7) is 0. The molecule has 3 N–H and O–H groups in total. The number of methoxy groups -OCH3 is 2. The topological polar surface area (TPSA) is 104 Å². The lowest BCUT2D eigenvalue weighted by atomic mass is 9.79. The third kappa shape index (κ3) is 2.93. The van der Waals surface area contributed by atoms with Gasteiger partial charge < -0.3 is 20.5 Å². The van der Waals surface area contributed by atoms with Crippen LogP contribution in [0.15, 0.2) is 47.0 Å². The van der Waals surface area contributed by atoms with Crippen molar-refractivity contribution in [2.24, 2.45) is 0 Å². The summed E-state index contributed by atoms with van der Waals surface area (Å²) in [7, 11) is 3.22. The lowest BCUT2D eigenvalue weighted by molar-refractivity contribution is -0.116. The molecule has 0 fully saturated rings. The SMILES string of the molecule is COc1ccc(C2CC(=O)C3=C(C2)Nc2nc(N)nn2C3c2cccs2)cc1OC. The molecule has 0 spiro atoms. The van der Waals surface area contributed by atoms with Gasteiger partial charge in [-0.3, -0.25) is 4.79 Å². The number of thiophene rings is 1. The third-order valence-electron chi connectivity index (χ3n) is 5.63. The Bertz CT molecular complexity index is 1150. The van der Waals surface area contributed by atoms with Crippen molar-refractivity contribution in [2.75, 3.05) is 25.3 Å². The van der Waals surface area contributed by atoms with Crippen LogP contribution in [-0.2, 0) is 4.79 Å². The van der Waals surface area contributed by atoms with Crippen molar-refractivity contribution >= 4 is 29.0 Å². The highest BCUT2D eigenvalue weighted by Gasteiger charge is 2.40. The molecular formula is C21H21N5O3S. The molecule has 0 saturated heterocycles. The number of ketones is 1. The Kier molecular flexibility index (Phi) is 4.47. The first-order valence-corrected chi connectivity index (χ1v) is 10.5. The van der Waals surface area contributed by atoms with Crippen LogP contribution in [0.2, 0.25) is 0 Å². The summed E-state index contributed by atoms with van der Waals surface area (Å²) in [4.78, 5) is 18.7. The van der Waals surface area contributed by atoms with Crippen LogP contribution in [0.25, 0.3) is 0 Å². The number of aromatic nitrogens is 3. The smallest absolute Gasteiger partial charge is 0.241 e. The third-order valence-corrected chi connectivity index (χ3v) is 6.55. The van der Waals surface area contributed by atoms with E-state index in [2.05, 4.69) is 15.4 Å². The summed E-state index contributed by atoms with van der Waals surface area (Å²) in [5.74, 6) is 2.19. The molecule has 8 nitrogen and oxygen atoms in total. The number of Topliss-reactive ketones (excluding diaryl/α,β-unsaturated/α-hetero) is 1. The van der Waals surface area contributed by atoms with Gasteiger partial charge in [0.2, 0.25) is 11.9 Å². The molecule has 5 rings (SSSR count). The summed E-state index contributed by atoms with van der Waals surface area (Å²) in [6, 6.07) is 9.50. The molecule has 0 radical (unpaired) electrons. The zero-order chi connectivity index (χ0) is 20.8. The molecule has 2 unspecified atom stereocenters. The van der Waals surface area contributed by atoms with Gasteiger partial charge in [-0.15, -0.1) is 16.4 Å². The molecule has 0 bridgehead atoms. The summed E-state index contributed by atoms with van der Waals surface area (Å²) >= 11 is 1.59. The lowest BCUT2D eigenvalue weighted by Gasteiger charge is -2.34. The number of carbonyl (C=O) groups excluding carboxylic acids is 1. The van der Waals surface area contributed by atoms with E-state index in [0.717, 1.165) is 21.7 Å². The first-order valence-electron chi connectivity index (χ1n) is 9.59. The monoisotopic (exact) mass is 423 g/mol. The van der Waals surface area contributed by atoms with Crippen LogP contribution in [0.1, 0.15) is 35.2 Å². The average Bonchev–Trinajstić information content (AvgIpc) is 3.40. The van der Waals surface area contributed by atoms with Crippen molar-refractivity contribution in [1.29, 1.82) is 0 Å². The predicted octanol–water partition coefficient (Wildman–Crippen LogP) is 3.35. The Hall–Kier alpha value is -3.33. The predicted molar refractivity (Wildman–Crippen MR) is 114 cm³/mol. The van der Waals surface area contributed by atoms with Crippen molar-refractivity contribution < 1.29 is 14.3 Å². The van der Waals surface area contributed by atoms with E-state index >= 15 is 0 Å². The summed E-state index contributed by atoms with van der Waals surface area (Å²) in [5, 5.41) is 9.65. The summed E-state index contributed by atoms with van der Waals surface area (Å²) < 4.78 is 12.5. The highest BCUT2D eigenvalue weighted by atomic mass is 32.1. The molecule has 3 heterocycles. The van der Waals surface area contributed by atoms with Crippen LogP contribution >= 0.6 is 11.3 Å². The van der Waals surface area contributed by atoms with Crippen LogP contribution < -0.4 is 20.5 Å². The summed E-state index contributed by atoms with van der Waals surface area (Å²) in [6.07, 6.45) is 1.10. The number of nitrogen functional groups attached to an aromatic ring is 1. The Labute approximate surface area is 177 Å². The van der Waals surface area contributed by atoms with E-state index in [1.54, 1.807) is 30.2 Å². The van der Waals surface area contributed by atoms with Gasteiger partial charge in [0.05, 0.1) is 14.2 Å². The quantitative estimate of drug-likeness (QED) is 0.663. The largest absolute Gasteiger partial charge is 0.493 e. The van der Waals surface area contributed by atoms with Crippen LogP contribution in [0, 0.1) is 0 Å². The maximum absolute atomic E-state index is 13.4. The van der Waals surface area contributed by atoms with Crippen molar-refractivity contribution in [3.63, 3.8) is 0 Å². The first kappa shape index (κ1) is 18.7. The Balaban J connectivity index is 1.56. The molecule has 0 amide bonds. The van der Waals surface area contributed by atoms with E-state index in [9.17, 15) is 4.79 Å². The van der Waals surface area contributed by atoms with Gasteiger partial charge in [-0.25, -0.2) is 4.68 Å². The Morgan fingerprint density at radius 1 is 1.20 bits per heavy atom. The average molecular weight is 423 g/mol. The molecule has 1 aliphatic heterocycles. The van der Waals surface area contributed by atoms with Gasteiger partial charge in [0, 0.05) is 22.6 Å². The fourth-order valence-corrected chi connectivity index (χ4v) is 5.10. The minimum absolute atomic E-state index is 0.0272. The molecule has 1 aromatic carbocycles. The van der Waals surface area contributed by atoms with Gasteiger partial charge in [-0.2, -0.15) is 4.98 Å². The van der Waals surface area contributed by atoms with Gasteiger partial charge in [-0.05, 0) is 41.5 Å². The molecule has 30 heavy (non-hydrogen) atoms. The van der Waals surface area contributed by atoms with Crippen LogP contribution in [-0.4, -0.2) is 34.8 Å². The summed E-state index contributed by atoms with van der Waals surface area (Å²) in [5.41, 5.74) is 8.52. The van der Waals surface area contributed by atoms with E-state index in [0.29, 0.717) is 30.3 Å². The number of allylic oxidation sites excluding steroid dienone is 2. The van der Waals surface area contributed by atoms with Gasteiger partial charge in [-0.1, -0.05) is 12.1 Å². The van der Waals surface area contributed by atoms with Crippen LogP contribution in [0.5, 0.6) is 11.5 Å². The fourth-order valence-electron chi connectivity index (χ4n) is 4.28. The number of rotatable bonds is 4. The Morgan fingerprint density at radius 3 is 2.77 bits per heavy atom. The number of hydrogen-bond donors (Lipinski definition) is 2. The van der Waals surface area contributed by atoms with Crippen molar-refractivity contribution in [3.8, 4) is 11.5 Å². The van der Waals surface area contributed by atoms with Gasteiger partial charge in [0.25, 0.3) is 0 Å². The highest BCUT2D eigenvalue weighted by Crippen LogP contribution is 2.45. The molecule has 2 aliphatic rings. The number of benzene rings is 1. The van der Waals surface area contributed by atoms with Crippen molar-refractivity contribution in [2.45, 2.75) is 24.8 Å². The second-order valence-electron chi connectivity index (χ2n) is 7.32. The van der Waals surface area contributed by atoms with E-state index in [1.807, 2.05) is 35.7 Å². The minimum Gasteiger partial charge on any atom is -0.493 e. The van der Waals surface area contributed by atoms with E-state index < -0.39 is 0 Å². The second kappa shape index (κ2) is 7.17. The number of anilines is 2. The molecule has 0 saturated carbocycles. The molecule has 1 aliphatic carbocycles. The van der Waals surface area contributed by atoms with Gasteiger partial charge >= 0.3 is 0 Å². The first-order chi connectivity index (χ1) is 14.6. The number of fused-ring (bicyclic) bond motifs is 1. The van der Waals surface area contributed by atoms with Crippen LogP contribution in [0.4, 0.5) is 11.9 Å². The van der Waals surface area contributed by atoms with Gasteiger partial charge in [0.15, 0.2) is 17.3 Å². The number of carbonyl (C=O) groups is 1. The van der Waals surface area contributed by atoms with Gasteiger partial charge in [0.1, 0.15) is 6.04 Å². The molecular weight excluding hydrogens is 402 g/mol. The maximum atomic E-state index is 13.4. The van der Waals surface area contributed by atoms with Crippen LogP contribution in [0.3, 0.4) is 0 Å². The number of hydrogen-bond acceptors (Lipinski definition) is 8. The van der Waals surface area contributed by atoms with E-state index in [4.69, 9.17) is 15.2 Å². The Morgan fingerprint density at radius 2 is 2.03 bits per heavy atom. The molecule has 9 heteroatoms. The fraction of sp³-hybridized carbons (Fsp3) is 0.286. The lowest BCUT2D eigenvalue weighted by Crippen LogP contribution is -2.33. The van der Waals surface area contributed by atoms with Crippen molar-refractivity contribution in [1.82, 2.24) is 14.8 Å². The standard InChI is InChI=1S/C21H21N5O3S/c1-28-15-6-5-11(10-16(15)29-2)12-8-13-18(14(27)9-12)19(17-4-3-7-30-17)26-21(23-13)24-20(22)25-26/h3-7,10,12,19H,8-9H2,1-2H3,(H3,22,23,24,25). The van der Waals surface area contributed by atoms with E-state index in [-0.39, 0.29) is 23.7 Å². The highest BCUT2D eigenvalue weighted by molar-refractivity contribution is 7.10. The molecule has 154 valence electrons. The van der Waals surface area contributed by atoms with Crippen molar-refractivity contribution in [3.05, 3.63) is 57.4 Å². The molecule has 2 aromatic heterocycles. The maximum Gasteiger partial charge on any atom is 0.241 e. The normalized spacial score (nSPS) is 20.4. The number of nitrogens with zero attached hydrogens (tertiary/aromatic N) is 3. The molecule has 3 aromatic rings. The zero-order valence-corrected chi connectivity index (χ0v) is 17.4. The second-order valence-corrected chi connectivity index (χ2v) is 8.30. The number of nitrogens with two attached hydrogens (primary N) is 1. The number of nitrogens with one attached hydrogen (secondary N) is 1. The number of ether oxygens (including phenoxy) is 2. The molecule has 2 atom stereocenters.